The molecule has 0 saturated carbocycles. The first-order valence-corrected chi connectivity index (χ1v) is 17.2. The third-order valence-electron chi connectivity index (χ3n) is 9.76. The van der Waals surface area contributed by atoms with Crippen LogP contribution in [0.15, 0.2) is 146 Å². The van der Waals surface area contributed by atoms with Crippen molar-refractivity contribution in [2.45, 2.75) is 0 Å². The maximum absolute atomic E-state index is 10.7. The van der Waals surface area contributed by atoms with Gasteiger partial charge in [0.2, 0.25) is 0 Å². The number of aryl methyl sites for hydroxylation is 1. The highest BCUT2D eigenvalue weighted by molar-refractivity contribution is 5.86. The summed E-state index contributed by atoms with van der Waals surface area (Å²) in [6.07, 6.45) is 2.07. The second-order valence-corrected chi connectivity index (χ2v) is 13.3. The van der Waals surface area contributed by atoms with Crippen LogP contribution in [0.1, 0.15) is 44.9 Å². The highest BCUT2D eigenvalue weighted by Gasteiger charge is 2.20. The summed E-state index contributed by atoms with van der Waals surface area (Å²) >= 11 is 0. The first-order chi connectivity index (χ1) is 25.8. The van der Waals surface area contributed by atoms with Gasteiger partial charge in [0, 0.05) is 73.9 Å². The van der Waals surface area contributed by atoms with E-state index in [-0.39, 0.29) is 23.0 Å². The van der Waals surface area contributed by atoms with E-state index >= 15 is 0 Å². The molecule has 8 heteroatoms. The maximum Gasteiger partial charge on any atom is 0.116 e. The van der Waals surface area contributed by atoms with Crippen molar-refractivity contribution in [1.82, 2.24) is 19.5 Å². The molecule has 1 aliphatic rings. The van der Waals surface area contributed by atoms with Gasteiger partial charge in [-0.2, -0.15) is 0 Å². The Bertz CT molecular complexity index is 2970. The zero-order valence-corrected chi connectivity index (χ0v) is 28.6. The minimum absolute atomic E-state index is 0.147. The molecule has 4 aromatic carbocycles. The van der Waals surface area contributed by atoms with E-state index in [0.717, 1.165) is 88.6 Å². The Hall–Kier alpha value is -7.32. The summed E-state index contributed by atoms with van der Waals surface area (Å²) in [4.78, 5) is 11.1. The zero-order chi connectivity index (χ0) is 36.2. The Labute approximate surface area is 303 Å². The van der Waals surface area contributed by atoms with Gasteiger partial charge in [-0.1, -0.05) is 48.5 Å². The van der Waals surface area contributed by atoms with E-state index < -0.39 is 0 Å². The topological polar surface area (TPSA) is 133 Å². The lowest BCUT2D eigenvalue weighted by atomic mass is 9.97. The molecule has 53 heavy (non-hydrogen) atoms. The molecular formula is C45H34N4O4. The molecule has 0 radical (unpaired) electrons. The fourth-order valence-electron chi connectivity index (χ4n) is 7.49. The van der Waals surface area contributed by atoms with Gasteiger partial charge in [0.05, 0.1) is 5.69 Å². The van der Waals surface area contributed by atoms with Gasteiger partial charge in [-0.25, -0.2) is 0 Å². The highest BCUT2D eigenvalue weighted by Crippen LogP contribution is 2.31. The standard InChI is InChI=1S/C45H34N4O4/c1-49-25-30-24-41(49)45(29-9-5-13-34(53)23-29)40-19-18-39(48-40)44(28-8-4-12-33(52)22-28)38-17-16-37(47-38)43(27-7-3-11-32(51)21-27)36-15-14-35(46-36)42(30)26-6-2-10-31(50)20-26/h2-25,46-48,50-53H,1H3. The number of hydrogen-bond donors (Lipinski definition) is 7. The van der Waals surface area contributed by atoms with Gasteiger partial charge in [-0.05, 0) is 113 Å². The summed E-state index contributed by atoms with van der Waals surface area (Å²) < 4.78 is 2.07. The van der Waals surface area contributed by atoms with E-state index in [0.29, 0.717) is 0 Å². The summed E-state index contributed by atoms with van der Waals surface area (Å²) in [6.45, 7) is 0. The van der Waals surface area contributed by atoms with Crippen LogP contribution in [0.2, 0.25) is 0 Å². The van der Waals surface area contributed by atoms with E-state index in [4.69, 9.17) is 0 Å². The molecule has 8 bridgehead atoms. The molecule has 8 aromatic rings. The van der Waals surface area contributed by atoms with Crippen LogP contribution in [0, 0.1) is 0 Å². The van der Waals surface area contributed by atoms with Gasteiger partial charge >= 0.3 is 0 Å². The average molecular weight is 695 g/mol. The molecular weight excluding hydrogens is 661 g/mol. The number of rotatable bonds is 4. The number of aromatic hydroxyl groups is 4. The molecule has 8 nitrogen and oxygen atoms in total. The van der Waals surface area contributed by atoms with Crippen molar-refractivity contribution in [1.29, 1.82) is 0 Å². The van der Waals surface area contributed by atoms with Gasteiger partial charge in [-0.15, -0.1) is 0 Å². The molecule has 5 heterocycles. The monoisotopic (exact) mass is 694 g/mol. The lowest BCUT2D eigenvalue weighted by Gasteiger charge is -2.10. The van der Waals surface area contributed by atoms with Crippen LogP contribution >= 0.6 is 0 Å². The largest absolute Gasteiger partial charge is 0.508 e. The Balaban J connectivity index is 1.47. The quantitative estimate of drug-likeness (QED) is 0.138. The van der Waals surface area contributed by atoms with E-state index in [1.165, 1.54) is 0 Å². The van der Waals surface area contributed by atoms with Crippen LogP contribution in [0.4, 0.5) is 0 Å². The lowest BCUT2D eigenvalue weighted by Crippen LogP contribution is -2.18. The van der Waals surface area contributed by atoms with E-state index in [1.807, 2.05) is 92.0 Å². The number of H-pyrrole nitrogens is 3. The first kappa shape index (κ1) is 31.6. The predicted octanol–water partition coefficient (Wildman–Crippen LogP) is 5.13. The lowest BCUT2D eigenvalue weighted by molar-refractivity contribution is 0.474. The van der Waals surface area contributed by atoms with Gasteiger partial charge < -0.3 is 39.9 Å². The van der Waals surface area contributed by atoms with E-state index in [1.54, 1.807) is 48.5 Å². The fourth-order valence-corrected chi connectivity index (χ4v) is 7.49. The Morgan fingerprint density at radius 1 is 0.377 bits per heavy atom. The van der Waals surface area contributed by atoms with Crippen molar-refractivity contribution in [3.8, 4) is 23.0 Å². The fraction of sp³-hybridized carbons (Fsp3) is 0.0222. The predicted molar refractivity (Wildman–Crippen MR) is 205 cm³/mol. The van der Waals surface area contributed by atoms with Crippen LogP contribution in [0.5, 0.6) is 23.0 Å². The molecule has 0 amide bonds. The number of phenolic OH excluding ortho intramolecular Hbond substituents is 4. The van der Waals surface area contributed by atoms with E-state index in [2.05, 4.69) is 31.8 Å². The molecule has 7 N–H and O–H groups in total. The summed E-state index contributed by atoms with van der Waals surface area (Å²) in [7, 11) is 2.00. The normalized spacial score (nSPS) is 12.8. The number of hydrogen-bond acceptors (Lipinski definition) is 4. The second-order valence-electron chi connectivity index (χ2n) is 13.3. The second kappa shape index (κ2) is 12.5. The average Bonchev–Trinajstić information content (AvgIpc) is 3.96. The summed E-state index contributed by atoms with van der Waals surface area (Å²) in [6, 6.07) is 43.1. The van der Waals surface area contributed by atoms with Gasteiger partial charge in [0.1, 0.15) is 23.0 Å². The SMILES string of the molecule is Cn1cc2cc1C(c1cccc(O)c1)=c1ccc([nH]1)=C(c1cccc(O)c1)c1ccc([nH]1)C(c1cccc(O)c1)=c1ccc([nH]1)=C2c1cccc(O)c1. The molecule has 258 valence electrons. The first-order valence-electron chi connectivity index (χ1n) is 17.2. The molecule has 0 atom stereocenters. The maximum atomic E-state index is 10.7. The molecule has 0 saturated heterocycles. The van der Waals surface area contributed by atoms with Crippen LogP contribution < -0.4 is 21.4 Å². The zero-order valence-electron chi connectivity index (χ0n) is 28.6. The molecule has 9 rings (SSSR count). The van der Waals surface area contributed by atoms with Gasteiger partial charge in [0.25, 0.3) is 0 Å². The van der Waals surface area contributed by atoms with Gasteiger partial charge in [-0.3, -0.25) is 0 Å². The number of aromatic nitrogens is 4. The van der Waals surface area contributed by atoms with Crippen molar-refractivity contribution >= 4 is 22.3 Å². The van der Waals surface area contributed by atoms with Crippen LogP contribution in [0.3, 0.4) is 0 Å². The third kappa shape index (κ3) is 5.68. The highest BCUT2D eigenvalue weighted by atomic mass is 16.3. The van der Waals surface area contributed by atoms with Crippen LogP contribution in [0.25, 0.3) is 22.3 Å². The van der Waals surface area contributed by atoms with Gasteiger partial charge in [0.15, 0.2) is 0 Å². The number of aromatic amines is 3. The molecule has 0 fully saturated rings. The number of phenols is 4. The number of nitrogens with one attached hydrogen (secondary N) is 3. The molecule has 0 aliphatic carbocycles. The Morgan fingerprint density at radius 2 is 0.755 bits per heavy atom. The molecule has 0 spiro atoms. The number of nitrogens with zero attached hydrogens (tertiary/aromatic N) is 1. The van der Waals surface area contributed by atoms with Crippen molar-refractivity contribution < 1.29 is 20.4 Å². The Kier molecular flexibility index (Phi) is 7.45. The van der Waals surface area contributed by atoms with Crippen molar-refractivity contribution in [3.63, 3.8) is 0 Å². The summed E-state index contributed by atoms with van der Waals surface area (Å²) in [5.41, 5.74) is 10.1. The van der Waals surface area contributed by atoms with Crippen molar-refractivity contribution in [3.05, 3.63) is 212 Å². The minimum atomic E-state index is 0.147. The van der Waals surface area contributed by atoms with Crippen LogP contribution in [-0.2, 0) is 7.05 Å². The Morgan fingerprint density at radius 3 is 1.19 bits per heavy atom. The molecule has 1 aliphatic heterocycles. The summed E-state index contributed by atoms with van der Waals surface area (Å²) in [5.74, 6) is 0.600. The molecule has 4 aromatic heterocycles. The number of benzene rings is 4. The minimum Gasteiger partial charge on any atom is -0.508 e. The molecule has 0 unspecified atom stereocenters. The summed E-state index contributed by atoms with van der Waals surface area (Å²) in [5, 5.41) is 45.8. The smallest absolute Gasteiger partial charge is 0.116 e. The van der Waals surface area contributed by atoms with Crippen molar-refractivity contribution in [2.75, 3.05) is 0 Å². The van der Waals surface area contributed by atoms with Crippen molar-refractivity contribution in [2.24, 2.45) is 7.05 Å². The van der Waals surface area contributed by atoms with E-state index in [9.17, 15) is 20.4 Å². The van der Waals surface area contributed by atoms with Crippen LogP contribution in [-0.4, -0.2) is 39.9 Å². The number of fused-ring (bicyclic) bond motifs is 8. The third-order valence-corrected chi connectivity index (χ3v) is 9.76.